The Morgan fingerprint density at radius 1 is 1.35 bits per heavy atom. The van der Waals surface area contributed by atoms with Crippen molar-refractivity contribution < 1.29 is 22.7 Å². The third kappa shape index (κ3) is 2.08. The van der Waals surface area contributed by atoms with Gasteiger partial charge in [-0.3, -0.25) is 9.59 Å². The van der Waals surface area contributed by atoms with Crippen LogP contribution in [0.2, 0.25) is 0 Å². The van der Waals surface area contributed by atoms with Gasteiger partial charge in [0.25, 0.3) is 5.91 Å². The number of nitrogens with zero attached hydrogens (tertiary/aromatic N) is 1. The van der Waals surface area contributed by atoms with Crippen LogP contribution in [0.3, 0.4) is 0 Å². The SMILES string of the molecule is CC[C@H](OC(C)=O)C(=O)N1[C@@H]2C[C@H]3CC[C@]2(CS1(=O)=O)C3(C)C. The third-order valence-corrected chi connectivity index (χ3v) is 8.50. The number of sulfonamides is 1. The molecule has 23 heavy (non-hydrogen) atoms. The second kappa shape index (κ2) is 4.94. The van der Waals surface area contributed by atoms with Gasteiger partial charge in [-0.05, 0) is 37.0 Å². The Balaban J connectivity index is 1.97. The summed E-state index contributed by atoms with van der Waals surface area (Å²) in [4.78, 5) is 24.0. The van der Waals surface area contributed by atoms with Crippen LogP contribution in [-0.4, -0.2) is 42.5 Å². The third-order valence-electron chi connectivity index (χ3n) is 6.58. The molecule has 2 aliphatic carbocycles. The lowest BCUT2D eigenvalue weighted by Crippen LogP contribution is -2.48. The number of esters is 1. The molecule has 1 saturated heterocycles. The summed E-state index contributed by atoms with van der Waals surface area (Å²) in [5.41, 5.74) is -0.427. The predicted molar refractivity (Wildman–Crippen MR) is 83.8 cm³/mol. The van der Waals surface area contributed by atoms with E-state index < -0.39 is 28.0 Å². The smallest absolute Gasteiger partial charge is 0.303 e. The molecule has 0 aromatic rings. The zero-order valence-electron chi connectivity index (χ0n) is 14.2. The first-order valence-corrected chi connectivity index (χ1v) is 9.91. The average molecular weight is 343 g/mol. The molecule has 0 aromatic carbocycles. The molecule has 3 fully saturated rings. The summed E-state index contributed by atoms with van der Waals surface area (Å²) in [6.07, 6.45) is 1.87. The van der Waals surface area contributed by atoms with Crippen LogP contribution in [0.5, 0.6) is 0 Å². The van der Waals surface area contributed by atoms with Crippen LogP contribution in [0.1, 0.15) is 53.4 Å². The van der Waals surface area contributed by atoms with Crippen LogP contribution in [0.25, 0.3) is 0 Å². The Hall–Kier alpha value is -1.11. The highest BCUT2D eigenvalue weighted by Gasteiger charge is 2.72. The molecular formula is C16H25NO5S. The Kier molecular flexibility index (Phi) is 3.60. The van der Waals surface area contributed by atoms with Crippen LogP contribution in [0, 0.1) is 16.7 Å². The van der Waals surface area contributed by atoms with Crippen molar-refractivity contribution in [2.75, 3.05) is 5.75 Å². The molecule has 4 atom stereocenters. The first-order valence-electron chi connectivity index (χ1n) is 8.30. The topological polar surface area (TPSA) is 80.8 Å². The maximum atomic E-state index is 12.8. The van der Waals surface area contributed by atoms with E-state index in [9.17, 15) is 18.0 Å². The van der Waals surface area contributed by atoms with E-state index in [4.69, 9.17) is 4.74 Å². The van der Waals surface area contributed by atoms with Crippen molar-refractivity contribution in [3.8, 4) is 0 Å². The van der Waals surface area contributed by atoms with Gasteiger partial charge in [-0.15, -0.1) is 0 Å². The highest BCUT2D eigenvalue weighted by Crippen LogP contribution is 2.70. The molecule has 0 radical (unpaired) electrons. The molecule has 3 rings (SSSR count). The molecule has 130 valence electrons. The van der Waals surface area contributed by atoms with E-state index in [0.29, 0.717) is 5.92 Å². The number of amides is 1. The van der Waals surface area contributed by atoms with Gasteiger partial charge in [0, 0.05) is 12.3 Å². The molecule has 3 aliphatic rings. The molecule has 0 unspecified atom stereocenters. The first-order chi connectivity index (χ1) is 10.6. The number of carbonyl (C=O) groups is 2. The van der Waals surface area contributed by atoms with Crippen molar-refractivity contribution in [1.82, 2.24) is 4.31 Å². The summed E-state index contributed by atoms with van der Waals surface area (Å²) in [5.74, 6) is -0.652. The van der Waals surface area contributed by atoms with Gasteiger partial charge in [-0.1, -0.05) is 20.8 Å². The summed E-state index contributed by atoms with van der Waals surface area (Å²) in [6, 6.07) is -0.279. The van der Waals surface area contributed by atoms with Gasteiger partial charge in [0.2, 0.25) is 10.0 Å². The van der Waals surface area contributed by atoms with E-state index in [1.165, 1.54) is 6.92 Å². The number of hydrogen-bond acceptors (Lipinski definition) is 5. The van der Waals surface area contributed by atoms with Crippen molar-refractivity contribution in [3.05, 3.63) is 0 Å². The van der Waals surface area contributed by atoms with E-state index in [1.54, 1.807) is 6.92 Å². The van der Waals surface area contributed by atoms with Gasteiger partial charge < -0.3 is 4.74 Å². The molecule has 6 nitrogen and oxygen atoms in total. The lowest BCUT2D eigenvalue weighted by Gasteiger charge is -2.37. The fraction of sp³-hybridized carbons (Fsp3) is 0.875. The van der Waals surface area contributed by atoms with Gasteiger partial charge in [-0.2, -0.15) is 0 Å². The normalized spacial score (nSPS) is 37.5. The van der Waals surface area contributed by atoms with Crippen molar-refractivity contribution in [2.24, 2.45) is 16.7 Å². The molecule has 1 aliphatic heterocycles. The lowest BCUT2D eigenvalue weighted by atomic mass is 9.69. The highest BCUT2D eigenvalue weighted by molar-refractivity contribution is 7.90. The molecule has 2 bridgehead atoms. The Labute approximate surface area is 137 Å². The van der Waals surface area contributed by atoms with E-state index in [2.05, 4.69) is 13.8 Å². The maximum Gasteiger partial charge on any atom is 0.303 e. The molecular weight excluding hydrogens is 318 g/mol. The van der Waals surface area contributed by atoms with Crippen LogP contribution in [0.15, 0.2) is 0 Å². The van der Waals surface area contributed by atoms with Crippen LogP contribution >= 0.6 is 0 Å². The van der Waals surface area contributed by atoms with Gasteiger partial charge in [0.05, 0.1) is 11.8 Å². The van der Waals surface area contributed by atoms with E-state index in [0.717, 1.165) is 23.6 Å². The fourth-order valence-corrected chi connectivity index (χ4v) is 7.80. The Morgan fingerprint density at radius 3 is 2.52 bits per heavy atom. The number of hydrogen-bond donors (Lipinski definition) is 0. The van der Waals surface area contributed by atoms with Gasteiger partial charge in [-0.25, -0.2) is 12.7 Å². The summed E-state index contributed by atoms with van der Waals surface area (Å²) >= 11 is 0. The van der Waals surface area contributed by atoms with Crippen LogP contribution in [0.4, 0.5) is 0 Å². The number of ether oxygens (including phenoxy) is 1. The molecule has 7 heteroatoms. The summed E-state index contributed by atoms with van der Waals surface area (Å²) in [7, 11) is -3.66. The lowest BCUT2D eigenvalue weighted by molar-refractivity contribution is -0.157. The minimum atomic E-state index is -3.66. The number of carbonyl (C=O) groups excluding carboxylic acids is 2. The largest absolute Gasteiger partial charge is 0.452 e. The summed E-state index contributed by atoms with van der Waals surface area (Å²) in [6.45, 7) is 7.22. The maximum absolute atomic E-state index is 12.8. The minimum absolute atomic E-state index is 0.0381. The number of fused-ring (bicyclic) bond motifs is 1. The van der Waals surface area contributed by atoms with Crippen molar-refractivity contribution >= 4 is 21.9 Å². The molecule has 0 N–H and O–H groups in total. The van der Waals surface area contributed by atoms with Crippen LogP contribution in [-0.2, 0) is 24.3 Å². The summed E-state index contributed by atoms with van der Waals surface area (Å²) < 4.78 is 31.6. The van der Waals surface area contributed by atoms with Crippen molar-refractivity contribution in [1.29, 1.82) is 0 Å². The van der Waals surface area contributed by atoms with E-state index >= 15 is 0 Å². The average Bonchev–Trinajstić information content (AvgIpc) is 2.90. The second-order valence-electron chi connectivity index (χ2n) is 7.76. The second-order valence-corrected chi connectivity index (χ2v) is 9.61. The van der Waals surface area contributed by atoms with Gasteiger partial charge in [0.1, 0.15) is 0 Å². The van der Waals surface area contributed by atoms with Crippen LogP contribution < -0.4 is 0 Å². The monoisotopic (exact) mass is 343 g/mol. The molecule has 2 saturated carbocycles. The quantitative estimate of drug-likeness (QED) is 0.729. The van der Waals surface area contributed by atoms with Gasteiger partial charge in [0.15, 0.2) is 6.10 Å². The molecule has 1 amide bonds. The van der Waals surface area contributed by atoms with Crippen molar-refractivity contribution in [3.63, 3.8) is 0 Å². The van der Waals surface area contributed by atoms with Crippen molar-refractivity contribution in [2.45, 2.75) is 65.5 Å². The highest BCUT2D eigenvalue weighted by atomic mass is 32.2. The molecule has 1 spiro atoms. The van der Waals surface area contributed by atoms with Gasteiger partial charge >= 0.3 is 5.97 Å². The zero-order chi connectivity index (χ0) is 17.2. The fourth-order valence-electron chi connectivity index (χ4n) is 5.23. The Morgan fingerprint density at radius 2 is 2.00 bits per heavy atom. The Bertz CT molecular complexity index is 655. The first kappa shape index (κ1) is 16.7. The summed E-state index contributed by atoms with van der Waals surface area (Å²) in [5, 5.41) is 0. The van der Waals surface area contributed by atoms with E-state index in [1.807, 2.05) is 0 Å². The minimum Gasteiger partial charge on any atom is -0.452 e. The molecule has 0 aromatic heterocycles. The standard InChI is InChI=1S/C16H25NO5S/c1-5-12(22-10(2)18)14(19)17-13-8-11-6-7-16(13,15(11,3)4)9-23(17,20)21/h11-13H,5-9H2,1-4H3/t11-,12+,13-,16-/m1/s1. The molecule has 1 heterocycles. The zero-order valence-corrected chi connectivity index (χ0v) is 15.0. The predicted octanol–water partition coefficient (Wildman–Crippen LogP) is 1.70. The van der Waals surface area contributed by atoms with E-state index in [-0.39, 0.29) is 29.0 Å². The number of rotatable bonds is 3.